The normalized spacial score (nSPS) is 19.5. The van der Waals surface area contributed by atoms with E-state index in [0.29, 0.717) is 13.1 Å². The van der Waals surface area contributed by atoms with Gasteiger partial charge in [0, 0.05) is 32.1 Å². The zero-order chi connectivity index (χ0) is 19.6. The Morgan fingerprint density at radius 3 is 2.68 bits per heavy atom. The number of guanidine groups is 1. The fraction of sp³-hybridized carbons (Fsp3) is 0.789. The average Bonchev–Trinajstić information content (AvgIpc) is 3.00. The number of aliphatic imine (C=N–C) groups is 1. The number of carbonyl (C=O) groups is 1. The molecule has 1 saturated heterocycles. The van der Waals surface area contributed by atoms with Crippen LogP contribution in [0.5, 0.6) is 0 Å². The molecular formula is C19H34IN7O. The third-order valence-corrected chi connectivity index (χ3v) is 5.28. The Kier molecular flexibility index (Phi) is 7.69. The molecule has 3 heterocycles. The van der Waals surface area contributed by atoms with Gasteiger partial charge in [0.25, 0.3) is 0 Å². The summed E-state index contributed by atoms with van der Waals surface area (Å²) in [6, 6.07) is 0.191. The number of halogens is 1. The van der Waals surface area contributed by atoms with Crippen molar-refractivity contribution in [3.8, 4) is 0 Å². The van der Waals surface area contributed by atoms with Gasteiger partial charge in [0.2, 0.25) is 5.91 Å². The Labute approximate surface area is 185 Å². The van der Waals surface area contributed by atoms with Gasteiger partial charge in [-0.15, -0.1) is 34.2 Å². The molecule has 1 N–H and O–H groups in total. The predicted octanol–water partition coefficient (Wildman–Crippen LogP) is 2.03. The molecule has 1 aromatic heterocycles. The standard InChI is InChI=1S/C19H33N7O.HI/c1-6-20-18(21-11-16-23-22-15-9-7-8-10-25(15)16)24-12-17(27)26(14(2)3)19(4,5)13-24;/h14H,6-13H2,1-5H3,(H,20,21);1H. The zero-order valence-corrected chi connectivity index (χ0v) is 20.1. The molecule has 0 radical (unpaired) electrons. The highest BCUT2D eigenvalue weighted by atomic mass is 127. The minimum atomic E-state index is -0.242. The summed E-state index contributed by atoms with van der Waals surface area (Å²) in [4.78, 5) is 21.6. The molecule has 0 spiro atoms. The summed E-state index contributed by atoms with van der Waals surface area (Å²) >= 11 is 0. The monoisotopic (exact) mass is 503 g/mol. The molecule has 28 heavy (non-hydrogen) atoms. The highest BCUT2D eigenvalue weighted by molar-refractivity contribution is 14.0. The van der Waals surface area contributed by atoms with Crippen molar-refractivity contribution in [3.63, 3.8) is 0 Å². The maximum Gasteiger partial charge on any atom is 0.242 e. The molecule has 0 saturated carbocycles. The quantitative estimate of drug-likeness (QED) is 0.387. The van der Waals surface area contributed by atoms with Gasteiger partial charge in [-0.05, 0) is 47.5 Å². The summed E-state index contributed by atoms with van der Waals surface area (Å²) in [5.41, 5.74) is -0.242. The summed E-state index contributed by atoms with van der Waals surface area (Å²) in [6.45, 7) is 13.8. The summed E-state index contributed by atoms with van der Waals surface area (Å²) in [6.07, 6.45) is 3.35. The van der Waals surface area contributed by atoms with Gasteiger partial charge in [-0.3, -0.25) is 4.79 Å². The van der Waals surface area contributed by atoms with Crippen molar-refractivity contribution in [1.29, 1.82) is 0 Å². The lowest BCUT2D eigenvalue weighted by Crippen LogP contribution is -2.66. The molecule has 2 aliphatic heterocycles. The molecule has 2 aliphatic rings. The number of hydrogen-bond acceptors (Lipinski definition) is 4. The van der Waals surface area contributed by atoms with Crippen molar-refractivity contribution in [3.05, 3.63) is 11.6 Å². The number of aryl methyl sites for hydroxylation is 1. The van der Waals surface area contributed by atoms with Crippen molar-refractivity contribution in [2.24, 2.45) is 4.99 Å². The topological polar surface area (TPSA) is 78.6 Å². The smallest absolute Gasteiger partial charge is 0.242 e. The number of amides is 1. The average molecular weight is 503 g/mol. The zero-order valence-electron chi connectivity index (χ0n) is 17.7. The van der Waals surface area contributed by atoms with E-state index in [1.165, 1.54) is 12.8 Å². The largest absolute Gasteiger partial charge is 0.356 e. The van der Waals surface area contributed by atoms with E-state index >= 15 is 0 Å². The number of hydrogen-bond donors (Lipinski definition) is 1. The van der Waals surface area contributed by atoms with Crippen LogP contribution in [0.2, 0.25) is 0 Å². The number of fused-ring (bicyclic) bond motifs is 1. The van der Waals surface area contributed by atoms with Crippen LogP contribution in [0.1, 0.15) is 59.1 Å². The first-order valence-corrected chi connectivity index (χ1v) is 10.1. The lowest BCUT2D eigenvalue weighted by molar-refractivity contribution is -0.145. The van der Waals surface area contributed by atoms with Gasteiger partial charge in [0.1, 0.15) is 12.4 Å². The minimum absolute atomic E-state index is 0. The van der Waals surface area contributed by atoms with E-state index in [9.17, 15) is 4.79 Å². The Bertz CT molecular complexity index is 713. The molecule has 0 atom stereocenters. The molecular weight excluding hydrogens is 469 g/mol. The van der Waals surface area contributed by atoms with Gasteiger partial charge < -0.3 is 19.7 Å². The molecule has 158 valence electrons. The number of piperazine rings is 1. The van der Waals surface area contributed by atoms with E-state index in [4.69, 9.17) is 4.99 Å². The SMILES string of the molecule is CCNC(=NCc1nnc2n1CCCC2)N1CC(=O)N(C(C)C)C(C)(C)C1.I. The second kappa shape index (κ2) is 9.41. The highest BCUT2D eigenvalue weighted by Crippen LogP contribution is 2.24. The van der Waals surface area contributed by atoms with Gasteiger partial charge in [0.05, 0.1) is 12.1 Å². The number of nitrogens with zero attached hydrogens (tertiary/aromatic N) is 6. The van der Waals surface area contributed by atoms with Crippen LogP contribution in [-0.4, -0.2) is 67.6 Å². The maximum absolute atomic E-state index is 12.8. The van der Waals surface area contributed by atoms with Crippen LogP contribution in [0, 0.1) is 0 Å². The van der Waals surface area contributed by atoms with Crippen molar-refractivity contribution < 1.29 is 4.79 Å². The van der Waals surface area contributed by atoms with Crippen LogP contribution in [0.15, 0.2) is 4.99 Å². The molecule has 1 fully saturated rings. The van der Waals surface area contributed by atoms with Crippen LogP contribution in [0.4, 0.5) is 0 Å². The van der Waals surface area contributed by atoms with E-state index in [-0.39, 0.29) is 41.5 Å². The number of carbonyl (C=O) groups excluding carboxylic acids is 1. The predicted molar refractivity (Wildman–Crippen MR) is 121 cm³/mol. The molecule has 9 heteroatoms. The van der Waals surface area contributed by atoms with Gasteiger partial charge in [-0.1, -0.05) is 0 Å². The molecule has 0 unspecified atom stereocenters. The molecule has 0 bridgehead atoms. The fourth-order valence-electron chi connectivity index (χ4n) is 4.37. The van der Waals surface area contributed by atoms with Gasteiger partial charge in [0.15, 0.2) is 11.8 Å². The van der Waals surface area contributed by atoms with E-state index < -0.39 is 0 Å². The molecule has 8 nitrogen and oxygen atoms in total. The molecule has 0 aliphatic carbocycles. The van der Waals surface area contributed by atoms with Crippen LogP contribution < -0.4 is 5.32 Å². The Hall–Kier alpha value is -1.39. The van der Waals surface area contributed by atoms with E-state index in [1.54, 1.807) is 0 Å². The third kappa shape index (κ3) is 4.77. The first kappa shape index (κ1) is 22.9. The fourth-order valence-corrected chi connectivity index (χ4v) is 4.37. The number of nitrogens with one attached hydrogen (secondary N) is 1. The summed E-state index contributed by atoms with van der Waals surface area (Å²) < 4.78 is 2.20. The lowest BCUT2D eigenvalue weighted by Gasteiger charge is -2.49. The van der Waals surface area contributed by atoms with Crippen molar-refractivity contribution in [2.75, 3.05) is 19.6 Å². The Morgan fingerprint density at radius 1 is 1.29 bits per heavy atom. The first-order chi connectivity index (χ1) is 12.8. The van der Waals surface area contributed by atoms with Crippen LogP contribution in [0.25, 0.3) is 0 Å². The Morgan fingerprint density at radius 2 is 2.04 bits per heavy atom. The third-order valence-electron chi connectivity index (χ3n) is 5.28. The summed E-state index contributed by atoms with van der Waals surface area (Å²) in [5.74, 6) is 2.90. The first-order valence-electron chi connectivity index (χ1n) is 10.1. The molecule has 0 aromatic carbocycles. The van der Waals surface area contributed by atoms with E-state index in [1.807, 2.05) is 11.8 Å². The van der Waals surface area contributed by atoms with Crippen LogP contribution in [-0.2, 0) is 24.3 Å². The molecule has 3 rings (SSSR count). The molecule has 1 aromatic rings. The molecule has 1 amide bonds. The highest BCUT2D eigenvalue weighted by Gasteiger charge is 2.40. The summed E-state index contributed by atoms with van der Waals surface area (Å²) in [5, 5.41) is 12.0. The van der Waals surface area contributed by atoms with Crippen molar-refractivity contribution in [1.82, 2.24) is 29.9 Å². The number of aromatic nitrogens is 3. The van der Waals surface area contributed by atoms with Gasteiger partial charge in [-0.25, -0.2) is 4.99 Å². The summed E-state index contributed by atoms with van der Waals surface area (Å²) in [7, 11) is 0. The van der Waals surface area contributed by atoms with E-state index in [0.717, 1.165) is 43.7 Å². The second-order valence-corrected chi connectivity index (χ2v) is 8.34. The van der Waals surface area contributed by atoms with Crippen molar-refractivity contribution >= 4 is 35.8 Å². The number of rotatable bonds is 4. The second-order valence-electron chi connectivity index (χ2n) is 8.34. The van der Waals surface area contributed by atoms with E-state index in [2.05, 4.69) is 52.7 Å². The Balaban J connectivity index is 0.00000280. The maximum atomic E-state index is 12.8. The van der Waals surface area contributed by atoms with Gasteiger partial charge >= 0.3 is 0 Å². The van der Waals surface area contributed by atoms with Crippen LogP contribution in [0.3, 0.4) is 0 Å². The lowest BCUT2D eigenvalue weighted by atomic mass is 9.96. The van der Waals surface area contributed by atoms with Crippen molar-refractivity contribution in [2.45, 2.75) is 78.6 Å². The van der Waals surface area contributed by atoms with Gasteiger partial charge in [-0.2, -0.15) is 0 Å². The van der Waals surface area contributed by atoms with Crippen LogP contribution >= 0.6 is 24.0 Å². The minimum Gasteiger partial charge on any atom is -0.356 e.